The summed E-state index contributed by atoms with van der Waals surface area (Å²) in [6, 6.07) is 6.41. The van der Waals surface area contributed by atoms with E-state index in [4.69, 9.17) is 9.72 Å². The molecule has 0 N–H and O–H groups in total. The van der Waals surface area contributed by atoms with Crippen LogP contribution in [0.2, 0.25) is 0 Å². The predicted octanol–water partition coefficient (Wildman–Crippen LogP) is 4.18. The van der Waals surface area contributed by atoms with Crippen molar-refractivity contribution in [2.75, 3.05) is 24.6 Å². The third-order valence-corrected chi connectivity index (χ3v) is 5.08. The molecule has 148 valence electrons. The Labute approximate surface area is 167 Å². The Morgan fingerprint density at radius 2 is 2.00 bits per heavy atom. The van der Waals surface area contributed by atoms with Crippen molar-refractivity contribution in [3.8, 4) is 6.07 Å². The van der Waals surface area contributed by atoms with Crippen LogP contribution in [0.25, 0.3) is 5.57 Å². The third-order valence-electron chi connectivity index (χ3n) is 5.08. The van der Waals surface area contributed by atoms with Gasteiger partial charge in [0.25, 0.3) is 0 Å². The molecule has 6 nitrogen and oxygen atoms in total. The van der Waals surface area contributed by atoms with E-state index >= 15 is 0 Å². The van der Waals surface area contributed by atoms with E-state index in [9.17, 15) is 5.26 Å². The Balaban J connectivity index is 0.00000109. The van der Waals surface area contributed by atoms with Crippen LogP contribution in [0.4, 0.5) is 5.82 Å². The van der Waals surface area contributed by atoms with Gasteiger partial charge < -0.3 is 9.64 Å². The lowest BCUT2D eigenvalue weighted by Crippen LogP contribution is -2.32. The lowest BCUT2D eigenvalue weighted by atomic mass is 9.89. The number of hydrazone groups is 1. The van der Waals surface area contributed by atoms with Crippen LogP contribution >= 0.6 is 0 Å². The van der Waals surface area contributed by atoms with Gasteiger partial charge in [0.2, 0.25) is 0 Å². The average Bonchev–Trinajstić information content (AvgIpc) is 3.19. The minimum atomic E-state index is -0.276. The Morgan fingerprint density at radius 1 is 1.21 bits per heavy atom. The molecule has 0 saturated carbocycles. The summed E-state index contributed by atoms with van der Waals surface area (Å²) < 4.78 is 5.69. The maximum atomic E-state index is 9.48. The first-order valence-corrected chi connectivity index (χ1v) is 10.3. The summed E-state index contributed by atoms with van der Waals surface area (Å²) in [6.07, 6.45) is 11.3. The van der Waals surface area contributed by atoms with Crippen molar-refractivity contribution in [1.82, 2.24) is 9.99 Å². The van der Waals surface area contributed by atoms with Crippen molar-refractivity contribution >= 4 is 17.6 Å². The molecule has 0 bridgehead atoms. The topological polar surface area (TPSA) is 64.8 Å². The molecule has 2 unspecified atom stereocenters. The summed E-state index contributed by atoms with van der Waals surface area (Å²) in [5.74, 6) is 1.51. The minimum absolute atomic E-state index is 0.119. The van der Waals surface area contributed by atoms with Gasteiger partial charge in [-0.3, -0.25) is 5.01 Å². The molecule has 1 aromatic heterocycles. The molecule has 4 rings (SSSR count). The van der Waals surface area contributed by atoms with E-state index in [1.165, 1.54) is 19.3 Å². The van der Waals surface area contributed by atoms with Crippen molar-refractivity contribution in [1.29, 1.82) is 5.26 Å². The van der Waals surface area contributed by atoms with Gasteiger partial charge in [0.05, 0.1) is 24.9 Å². The van der Waals surface area contributed by atoms with Crippen LogP contribution in [0.1, 0.15) is 45.6 Å². The van der Waals surface area contributed by atoms with Gasteiger partial charge in [-0.25, -0.2) is 4.98 Å². The van der Waals surface area contributed by atoms with E-state index in [1.54, 1.807) is 6.21 Å². The predicted molar refractivity (Wildman–Crippen MR) is 113 cm³/mol. The van der Waals surface area contributed by atoms with E-state index < -0.39 is 0 Å². The Kier molecular flexibility index (Phi) is 6.70. The fourth-order valence-electron chi connectivity index (χ4n) is 3.79. The molecule has 1 saturated heterocycles. The molecular formula is C22H29N5O. The van der Waals surface area contributed by atoms with E-state index in [2.05, 4.69) is 28.2 Å². The summed E-state index contributed by atoms with van der Waals surface area (Å²) in [5.41, 5.74) is 2.04. The first-order valence-electron chi connectivity index (χ1n) is 10.3. The lowest BCUT2D eigenvalue weighted by molar-refractivity contribution is 0.222. The average molecular weight is 380 g/mol. The van der Waals surface area contributed by atoms with Crippen LogP contribution in [0.15, 0.2) is 41.5 Å². The largest absolute Gasteiger partial charge is 0.492 e. The van der Waals surface area contributed by atoms with Gasteiger partial charge in [-0.15, -0.1) is 0 Å². The Hall–Kier alpha value is -2.81. The molecule has 3 aliphatic rings. The standard InChI is InChI=1S/C20H23N5O.C2H6/c1-2-26-17-10-18(20-16(11-21)13-23-25(20)14-17)15-6-7-19(22-12-15)24-8-4-3-5-9-24;1-2/h6-7,10,12-14,16,20H,2-5,8-9H2,1H3;1-2H3. The highest BCUT2D eigenvalue weighted by molar-refractivity contribution is 5.81. The summed E-state index contributed by atoms with van der Waals surface area (Å²) in [4.78, 5) is 7.04. The molecule has 3 aliphatic heterocycles. The molecule has 6 heteroatoms. The number of aromatic nitrogens is 1. The van der Waals surface area contributed by atoms with Crippen LogP contribution in [0.3, 0.4) is 0 Å². The fraction of sp³-hybridized carbons (Fsp3) is 0.500. The highest BCUT2D eigenvalue weighted by Gasteiger charge is 2.36. The van der Waals surface area contributed by atoms with Crippen molar-refractivity contribution < 1.29 is 4.74 Å². The van der Waals surface area contributed by atoms with Gasteiger partial charge in [-0.2, -0.15) is 10.4 Å². The molecular weight excluding hydrogens is 350 g/mol. The van der Waals surface area contributed by atoms with Crippen molar-refractivity contribution in [2.45, 2.75) is 46.1 Å². The van der Waals surface area contributed by atoms with Crippen molar-refractivity contribution in [2.24, 2.45) is 11.0 Å². The third kappa shape index (κ3) is 4.04. The van der Waals surface area contributed by atoms with Gasteiger partial charge in [0, 0.05) is 25.5 Å². The van der Waals surface area contributed by atoms with Gasteiger partial charge in [0.1, 0.15) is 17.5 Å². The van der Waals surface area contributed by atoms with Crippen LogP contribution in [-0.2, 0) is 4.74 Å². The first kappa shape index (κ1) is 19.9. The van der Waals surface area contributed by atoms with Crippen LogP contribution in [0.5, 0.6) is 0 Å². The molecule has 1 aromatic rings. The zero-order valence-electron chi connectivity index (χ0n) is 17.0. The smallest absolute Gasteiger partial charge is 0.137 e. The second-order valence-corrected chi connectivity index (χ2v) is 6.76. The van der Waals surface area contributed by atoms with E-state index in [0.717, 1.165) is 35.8 Å². The SMILES string of the molecule is CC.CCOC1=CN2N=CC(C#N)C2C(c2ccc(N3CCCCC3)nc2)=C1. The van der Waals surface area contributed by atoms with Crippen molar-refractivity contribution in [3.05, 3.63) is 41.9 Å². The number of anilines is 1. The van der Waals surface area contributed by atoms with Gasteiger partial charge in [-0.05, 0) is 55.5 Å². The monoisotopic (exact) mass is 379 g/mol. The molecule has 1 fully saturated rings. The molecule has 2 atom stereocenters. The lowest BCUT2D eigenvalue weighted by Gasteiger charge is -2.30. The van der Waals surface area contributed by atoms with E-state index in [0.29, 0.717) is 6.61 Å². The van der Waals surface area contributed by atoms with Crippen LogP contribution in [-0.4, -0.2) is 41.9 Å². The van der Waals surface area contributed by atoms with Gasteiger partial charge in [-0.1, -0.05) is 13.8 Å². The molecule has 0 aromatic carbocycles. The maximum absolute atomic E-state index is 9.48. The number of piperidine rings is 1. The quantitative estimate of drug-likeness (QED) is 0.785. The molecule has 4 heterocycles. The summed E-state index contributed by atoms with van der Waals surface area (Å²) >= 11 is 0. The number of nitriles is 1. The van der Waals surface area contributed by atoms with Gasteiger partial charge in [0.15, 0.2) is 0 Å². The van der Waals surface area contributed by atoms with Gasteiger partial charge >= 0.3 is 0 Å². The van der Waals surface area contributed by atoms with E-state index in [1.807, 2.05) is 44.3 Å². The summed E-state index contributed by atoms with van der Waals surface area (Å²) in [6.45, 7) is 8.70. The Morgan fingerprint density at radius 3 is 2.64 bits per heavy atom. The normalized spacial score (nSPS) is 23.1. The second-order valence-electron chi connectivity index (χ2n) is 6.76. The zero-order chi connectivity index (χ0) is 19.9. The minimum Gasteiger partial charge on any atom is -0.492 e. The number of pyridine rings is 1. The zero-order valence-corrected chi connectivity index (χ0v) is 17.0. The number of hydrogen-bond donors (Lipinski definition) is 0. The van der Waals surface area contributed by atoms with Crippen molar-refractivity contribution in [3.63, 3.8) is 0 Å². The number of allylic oxidation sites excluding steroid dienone is 1. The maximum Gasteiger partial charge on any atom is 0.137 e. The number of ether oxygens (including phenoxy) is 1. The number of rotatable bonds is 4. The number of hydrogen-bond acceptors (Lipinski definition) is 6. The fourth-order valence-corrected chi connectivity index (χ4v) is 3.79. The highest BCUT2D eigenvalue weighted by Crippen LogP contribution is 2.36. The van der Waals surface area contributed by atoms with E-state index in [-0.39, 0.29) is 12.0 Å². The number of nitrogens with zero attached hydrogens (tertiary/aromatic N) is 5. The first-order chi connectivity index (χ1) is 13.8. The summed E-state index contributed by atoms with van der Waals surface area (Å²) in [5, 5.41) is 15.7. The van der Waals surface area contributed by atoms with Crippen LogP contribution in [0, 0.1) is 17.2 Å². The molecule has 28 heavy (non-hydrogen) atoms. The van der Waals surface area contributed by atoms with Crippen LogP contribution < -0.4 is 4.90 Å². The Bertz CT molecular complexity index is 784. The molecule has 0 amide bonds. The molecule has 0 radical (unpaired) electrons. The summed E-state index contributed by atoms with van der Waals surface area (Å²) in [7, 11) is 0. The highest BCUT2D eigenvalue weighted by atomic mass is 16.5. The second kappa shape index (κ2) is 9.41. The number of fused-ring (bicyclic) bond motifs is 1. The molecule has 0 aliphatic carbocycles. The molecule has 0 spiro atoms.